The summed E-state index contributed by atoms with van der Waals surface area (Å²) < 4.78 is 23.1. The van der Waals surface area contributed by atoms with Crippen LogP contribution in [0, 0.1) is 5.41 Å². The number of fused-ring (bicyclic) bond motifs is 1. The van der Waals surface area contributed by atoms with E-state index in [-0.39, 0.29) is 17.4 Å². The van der Waals surface area contributed by atoms with E-state index in [0.717, 1.165) is 17.7 Å². The lowest BCUT2D eigenvalue weighted by atomic mass is 9.89. The first-order valence-corrected chi connectivity index (χ1v) is 9.94. The molecule has 0 saturated carbocycles. The van der Waals surface area contributed by atoms with Crippen LogP contribution < -0.4 is 10.2 Å². The Morgan fingerprint density at radius 3 is 2.62 bits per heavy atom. The van der Waals surface area contributed by atoms with E-state index in [1.54, 1.807) is 18.7 Å². The van der Waals surface area contributed by atoms with Gasteiger partial charge in [-0.3, -0.25) is 9.59 Å². The van der Waals surface area contributed by atoms with Crippen molar-refractivity contribution in [1.29, 1.82) is 0 Å². The maximum atomic E-state index is 12.9. The van der Waals surface area contributed by atoms with E-state index >= 15 is 0 Å². The highest BCUT2D eigenvalue weighted by atomic mass is 32.2. The molecule has 2 aliphatic heterocycles. The van der Waals surface area contributed by atoms with Crippen LogP contribution in [0.25, 0.3) is 0 Å². The molecule has 1 atom stereocenters. The molecule has 24 heavy (non-hydrogen) atoms. The number of carbonyl (C=O) groups excluding carboxylic acids is 2. The number of amides is 2. The number of benzene rings is 1. The van der Waals surface area contributed by atoms with Crippen molar-refractivity contribution in [1.82, 2.24) is 5.32 Å². The van der Waals surface area contributed by atoms with Crippen molar-refractivity contribution in [3.05, 3.63) is 29.8 Å². The number of carbonyl (C=O) groups is 2. The van der Waals surface area contributed by atoms with Gasteiger partial charge >= 0.3 is 0 Å². The molecule has 7 heteroatoms. The minimum absolute atomic E-state index is 0.0461. The third-order valence-electron chi connectivity index (χ3n) is 4.80. The van der Waals surface area contributed by atoms with Crippen LogP contribution in [-0.2, 0) is 25.8 Å². The topological polar surface area (TPSA) is 83.5 Å². The number of hydrogen-bond acceptors (Lipinski definition) is 4. The van der Waals surface area contributed by atoms with Crippen molar-refractivity contribution in [2.24, 2.45) is 5.41 Å². The molecule has 2 amide bonds. The molecule has 2 aliphatic rings. The minimum Gasteiger partial charge on any atom is -0.351 e. The Kier molecular flexibility index (Phi) is 4.15. The van der Waals surface area contributed by atoms with Gasteiger partial charge in [0.15, 0.2) is 9.84 Å². The zero-order valence-corrected chi connectivity index (χ0v) is 14.7. The number of anilines is 1. The van der Waals surface area contributed by atoms with Gasteiger partial charge in [0.1, 0.15) is 5.41 Å². The quantitative estimate of drug-likeness (QED) is 0.821. The summed E-state index contributed by atoms with van der Waals surface area (Å²) in [7, 11) is -3.07. The van der Waals surface area contributed by atoms with E-state index in [1.807, 2.05) is 24.3 Å². The molecule has 1 unspecified atom stereocenters. The summed E-state index contributed by atoms with van der Waals surface area (Å²) in [5.41, 5.74) is 0.708. The molecule has 6 nitrogen and oxygen atoms in total. The van der Waals surface area contributed by atoms with E-state index in [2.05, 4.69) is 5.32 Å². The normalized spacial score (nSPS) is 22.2. The monoisotopic (exact) mass is 350 g/mol. The summed E-state index contributed by atoms with van der Waals surface area (Å²) >= 11 is 0. The second-order valence-corrected chi connectivity index (χ2v) is 9.26. The fraction of sp³-hybridized carbons (Fsp3) is 0.529. The van der Waals surface area contributed by atoms with Crippen LogP contribution in [0.1, 0.15) is 25.8 Å². The fourth-order valence-corrected chi connectivity index (χ4v) is 4.93. The zero-order valence-electron chi connectivity index (χ0n) is 13.9. The molecule has 0 radical (unpaired) electrons. The van der Waals surface area contributed by atoms with Gasteiger partial charge in [0, 0.05) is 18.3 Å². The van der Waals surface area contributed by atoms with E-state index in [4.69, 9.17) is 0 Å². The molecule has 1 N–H and O–H groups in total. The summed E-state index contributed by atoms with van der Waals surface area (Å²) in [6.45, 7) is 3.75. The standard InChI is InChI=1S/C17H22N2O4S/c1-17(2,15(20)18-13-8-10-24(22,23)11-13)16(21)19-9-7-12-5-3-4-6-14(12)19/h3-6,13H,7-11H2,1-2H3,(H,18,20). The molecule has 0 spiro atoms. The highest BCUT2D eigenvalue weighted by Gasteiger charge is 2.43. The second kappa shape index (κ2) is 5.88. The van der Waals surface area contributed by atoms with Gasteiger partial charge in [-0.1, -0.05) is 18.2 Å². The highest BCUT2D eigenvalue weighted by molar-refractivity contribution is 7.91. The van der Waals surface area contributed by atoms with Crippen LogP contribution in [0.15, 0.2) is 24.3 Å². The molecule has 0 bridgehead atoms. The second-order valence-electron chi connectivity index (χ2n) is 7.03. The van der Waals surface area contributed by atoms with E-state index in [0.29, 0.717) is 13.0 Å². The first-order chi connectivity index (χ1) is 11.2. The molecule has 3 rings (SSSR count). The Bertz CT molecular complexity index is 786. The van der Waals surface area contributed by atoms with Gasteiger partial charge < -0.3 is 10.2 Å². The molecular weight excluding hydrogens is 328 g/mol. The largest absolute Gasteiger partial charge is 0.351 e. The molecule has 130 valence electrons. The van der Waals surface area contributed by atoms with Crippen molar-refractivity contribution in [2.75, 3.05) is 23.0 Å². The van der Waals surface area contributed by atoms with Crippen LogP contribution in [0.4, 0.5) is 5.69 Å². The Morgan fingerprint density at radius 2 is 1.96 bits per heavy atom. The van der Waals surface area contributed by atoms with Gasteiger partial charge in [-0.05, 0) is 38.3 Å². The molecular formula is C17H22N2O4S. The van der Waals surface area contributed by atoms with E-state index in [1.165, 1.54) is 0 Å². The molecule has 1 fully saturated rings. The fourth-order valence-electron chi connectivity index (χ4n) is 3.26. The number of rotatable bonds is 3. The maximum absolute atomic E-state index is 12.9. The average Bonchev–Trinajstić information content (AvgIpc) is 3.09. The van der Waals surface area contributed by atoms with Gasteiger partial charge in [-0.25, -0.2) is 8.42 Å². The van der Waals surface area contributed by atoms with Crippen LogP contribution in [0.2, 0.25) is 0 Å². The Hall–Kier alpha value is -1.89. The van der Waals surface area contributed by atoms with Gasteiger partial charge in [-0.15, -0.1) is 0 Å². The van der Waals surface area contributed by atoms with Crippen molar-refractivity contribution >= 4 is 27.3 Å². The molecule has 0 aromatic heterocycles. The van der Waals surface area contributed by atoms with Crippen LogP contribution in [0.3, 0.4) is 0 Å². The molecule has 1 aromatic rings. The Labute approximate surface area is 142 Å². The van der Waals surface area contributed by atoms with E-state index < -0.39 is 27.2 Å². The van der Waals surface area contributed by atoms with Crippen LogP contribution >= 0.6 is 0 Å². The lowest BCUT2D eigenvalue weighted by molar-refractivity contribution is -0.140. The number of nitrogens with zero attached hydrogens (tertiary/aromatic N) is 1. The van der Waals surface area contributed by atoms with Crippen LogP contribution in [0.5, 0.6) is 0 Å². The lowest BCUT2D eigenvalue weighted by Crippen LogP contribution is -2.51. The highest BCUT2D eigenvalue weighted by Crippen LogP contribution is 2.32. The third kappa shape index (κ3) is 3.05. The van der Waals surface area contributed by atoms with Gasteiger partial charge in [0.2, 0.25) is 11.8 Å². The van der Waals surface area contributed by atoms with Crippen molar-refractivity contribution in [3.63, 3.8) is 0 Å². The predicted molar refractivity (Wildman–Crippen MR) is 91.5 cm³/mol. The maximum Gasteiger partial charge on any atom is 0.242 e. The average molecular weight is 350 g/mol. The van der Waals surface area contributed by atoms with Crippen molar-refractivity contribution < 1.29 is 18.0 Å². The zero-order chi connectivity index (χ0) is 17.5. The Balaban J connectivity index is 1.73. The summed E-state index contributed by atoms with van der Waals surface area (Å²) in [5.74, 6) is -0.633. The van der Waals surface area contributed by atoms with E-state index in [9.17, 15) is 18.0 Å². The number of hydrogen-bond donors (Lipinski definition) is 1. The molecule has 1 aromatic carbocycles. The van der Waals surface area contributed by atoms with Crippen LogP contribution in [-0.4, -0.2) is 44.3 Å². The number of para-hydroxylation sites is 1. The smallest absolute Gasteiger partial charge is 0.242 e. The summed E-state index contributed by atoms with van der Waals surface area (Å²) in [6.07, 6.45) is 1.19. The lowest BCUT2D eigenvalue weighted by Gasteiger charge is -2.29. The van der Waals surface area contributed by atoms with Gasteiger partial charge in [0.25, 0.3) is 0 Å². The summed E-state index contributed by atoms with van der Waals surface area (Å²) in [5, 5.41) is 2.74. The molecule has 2 heterocycles. The summed E-state index contributed by atoms with van der Waals surface area (Å²) in [6, 6.07) is 7.28. The Morgan fingerprint density at radius 1 is 1.25 bits per heavy atom. The first-order valence-electron chi connectivity index (χ1n) is 8.12. The predicted octanol–water partition coefficient (Wildman–Crippen LogP) is 0.905. The van der Waals surface area contributed by atoms with Gasteiger partial charge in [0.05, 0.1) is 11.5 Å². The van der Waals surface area contributed by atoms with Crippen molar-refractivity contribution in [3.8, 4) is 0 Å². The SMILES string of the molecule is CC(C)(C(=O)NC1CCS(=O)(=O)C1)C(=O)N1CCc2ccccc21. The molecule has 0 aliphatic carbocycles. The number of nitrogens with one attached hydrogen (secondary N) is 1. The van der Waals surface area contributed by atoms with Gasteiger partial charge in [-0.2, -0.15) is 0 Å². The third-order valence-corrected chi connectivity index (χ3v) is 6.57. The minimum atomic E-state index is -3.07. The molecule has 1 saturated heterocycles. The first kappa shape index (κ1) is 17.0. The van der Waals surface area contributed by atoms with Crippen molar-refractivity contribution in [2.45, 2.75) is 32.7 Å². The summed E-state index contributed by atoms with van der Waals surface area (Å²) in [4.78, 5) is 27.2. The number of sulfone groups is 1.